The van der Waals surface area contributed by atoms with E-state index in [2.05, 4.69) is 10.3 Å². The van der Waals surface area contributed by atoms with Crippen LogP contribution in [0.15, 0.2) is 0 Å². The number of hydrogen-bond acceptors (Lipinski definition) is 4. The van der Waals surface area contributed by atoms with E-state index in [0.29, 0.717) is 4.68 Å². The van der Waals surface area contributed by atoms with Crippen molar-refractivity contribution >= 4 is 19.7 Å². The minimum Gasteiger partial charge on any atom is -0.237 e. The first-order chi connectivity index (χ1) is 7.52. The highest BCUT2D eigenvalue weighted by Crippen LogP contribution is 2.33. The highest BCUT2D eigenvalue weighted by atomic mass is 35.7. The third kappa shape index (κ3) is 3.56. The standard InChI is InChI=1S/C7H9ClF3N3O2S/c1-4(2)14-6(7(9,10)11)5(12-13-14)3-17(8,15)16/h4H,3H2,1-2H3. The van der Waals surface area contributed by atoms with Crippen LogP contribution >= 0.6 is 10.7 Å². The van der Waals surface area contributed by atoms with Crippen molar-refractivity contribution in [1.29, 1.82) is 0 Å². The van der Waals surface area contributed by atoms with Gasteiger partial charge in [-0.15, -0.1) is 5.10 Å². The summed E-state index contributed by atoms with van der Waals surface area (Å²) in [6.07, 6.45) is -4.73. The minimum atomic E-state index is -4.73. The fourth-order valence-electron chi connectivity index (χ4n) is 1.24. The van der Waals surface area contributed by atoms with Crippen molar-refractivity contribution < 1.29 is 21.6 Å². The molecule has 0 saturated heterocycles. The Morgan fingerprint density at radius 3 is 2.29 bits per heavy atom. The molecular weight excluding hydrogens is 283 g/mol. The summed E-state index contributed by atoms with van der Waals surface area (Å²) in [4.78, 5) is 0. The third-order valence-corrected chi connectivity index (χ3v) is 2.78. The van der Waals surface area contributed by atoms with Crippen LogP contribution in [-0.2, 0) is 21.0 Å². The zero-order valence-electron chi connectivity index (χ0n) is 8.86. The van der Waals surface area contributed by atoms with E-state index in [9.17, 15) is 21.6 Å². The first-order valence-electron chi connectivity index (χ1n) is 4.46. The summed E-state index contributed by atoms with van der Waals surface area (Å²) in [5, 5.41) is 6.51. The summed E-state index contributed by atoms with van der Waals surface area (Å²) in [5.41, 5.74) is -1.88. The SMILES string of the molecule is CC(C)n1nnc(CS(=O)(=O)Cl)c1C(F)(F)F. The van der Waals surface area contributed by atoms with Gasteiger partial charge in [-0.05, 0) is 13.8 Å². The van der Waals surface area contributed by atoms with E-state index in [1.165, 1.54) is 13.8 Å². The lowest BCUT2D eigenvalue weighted by molar-refractivity contribution is -0.145. The molecule has 1 rings (SSSR count). The van der Waals surface area contributed by atoms with Crippen LogP contribution in [0.25, 0.3) is 0 Å². The smallest absolute Gasteiger partial charge is 0.237 e. The van der Waals surface area contributed by atoms with Gasteiger partial charge in [0, 0.05) is 16.7 Å². The van der Waals surface area contributed by atoms with Crippen molar-refractivity contribution in [3.63, 3.8) is 0 Å². The number of nitrogens with zero attached hydrogens (tertiary/aromatic N) is 3. The Morgan fingerprint density at radius 1 is 1.41 bits per heavy atom. The quantitative estimate of drug-likeness (QED) is 0.798. The van der Waals surface area contributed by atoms with Gasteiger partial charge in [-0.2, -0.15) is 13.2 Å². The van der Waals surface area contributed by atoms with E-state index in [4.69, 9.17) is 10.7 Å². The lowest BCUT2D eigenvalue weighted by Gasteiger charge is -2.13. The van der Waals surface area contributed by atoms with Crippen LogP contribution in [-0.4, -0.2) is 23.4 Å². The van der Waals surface area contributed by atoms with Gasteiger partial charge in [0.15, 0.2) is 5.69 Å². The van der Waals surface area contributed by atoms with Crippen LogP contribution in [0, 0.1) is 0 Å². The summed E-state index contributed by atoms with van der Waals surface area (Å²) >= 11 is 0. The Bertz CT molecular complexity index is 509. The monoisotopic (exact) mass is 291 g/mol. The first-order valence-corrected chi connectivity index (χ1v) is 6.94. The van der Waals surface area contributed by atoms with Gasteiger partial charge in [-0.1, -0.05) is 5.21 Å². The molecule has 1 heterocycles. The summed E-state index contributed by atoms with van der Waals surface area (Å²) in [5.74, 6) is -1.00. The molecule has 0 atom stereocenters. The number of hydrogen-bond donors (Lipinski definition) is 0. The molecule has 0 N–H and O–H groups in total. The predicted molar refractivity (Wildman–Crippen MR) is 53.9 cm³/mol. The van der Waals surface area contributed by atoms with Gasteiger partial charge in [-0.3, -0.25) is 0 Å². The first kappa shape index (κ1) is 14.2. The second kappa shape index (κ2) is 4.45. The number of rotatable bonds is 3. The number of aromatic nitrogens is 3. The lowest BCUT2D eigenvalue weighted by Crippen LogP contribution is -2.18. The maximum absolute atomic E-state index is 12.7. The van der Waals surface area contributed by atoms with E-state index in [1.54, 1.807) is 0 Å². The summed E-state index contributed by atoms with van der Waals surface area (Å²) < 4.78 is 60.4. The number of halogens is 4. The maximum atomic E-state index is 12.7. The van der Waals surface area contributed by atoms with Gasteiger partial charge in [0.1, 0.15) is 11.4 Å². The summed E-state index contributed by atoms with van der Waals surface area (Å²) in [7, 11) is 0.790. The molecule has 10 heteroatoms. The second-order valence-corrected chi connectivity index (χ2v) is 6.38. The molecule has 0 aliphatic carbocycles. The van der Waals surface area contributed by atoms with Crippen LogP contribution < -0.4 is 0 Å². The fraction of sp³-hybridized carbons (Fsp3) is 0.714. The van der Waals surface area contributed by atoms with E-state index < -0.39 is 38.4 Å². The largest absolute Gasteiger partial charge is 0.434 e. The van der Waals surface area contributed by atoms with E-state index in [-0.39, 0.29) is 0 Å². The molecule has 0 aliphatic rings. The molecule has 0 aliphatic heterocycles. The number of alkyl halides is 3. The van der Waals surface area contributed by atoms with E-state index >= 15 is 0 Å². The Morgan fingerprint density at radius 2 is 1.94 bits per heavy atom. The average molecular weight is 292 g/mol. The van der Waals surface area contributed by atoms with Crippen molar-refractivity contribution in [1.82, 2.24) is 15.0 Å². The van der Waals surface area contributed by atoms with Crippen molar-refractivity contribution in [2.75, 3.05) is 0 Å². The predicted octanol–water partition coefficient (Wildman–Crippen LogP) is 1.95. The Labute approximate surface area is 100.0 Å². The fourth-order valence-corrected chi connectivity index (χ4v) is 2.07. The molecule has 0 amide bonds. The van der Waals surface area contributed by atoms with Crippen LogP contribution in [0.2, 0.25) is 0 Å². The Kier molecular flexibility index (Phi) is 3.72. The topological polar surface area (TPSA) is 64.8 Å². The maximum Gasteiger partial charge on any atom is 0.434 e. The van der Waals surface area contributed by atoms with E-state index in [0.717, 1.165) is 0 Å². The molecule has 1 aromatic rings. The molecular formula is C7H9ClF3N3O2S. The van der Waals surface area contributed by atoms with Gasteiger partial charge in [0.05, 0.1) is 0 Å². The molecule has 0 aromatic carbocycles. The molecule has 0 unspecified atom stereocenters. The molecule has 0 saturated carbocycles. The molecule has 0 fully saturated rings. The van der Waals surface area contributed by atoms with Crippen molar-refractivity contribution in [2.24, 2.45) is 0 Å². The van der Waals surface area contributed by atoms with Crippen molar-refractivity contribution in [2.45, 2.75) is 31.8 Å². The zero-order valence-corrected chi connectivity index (χ0v) is 10.4. The van der Waals surface area contributed by atoms with Gasteiger partial charge in [-0.25, -0.2) is 13.1 Å². The Balaban J connectivity index is 3.34. The normalized spacial score (nSPS) is 13.4. The van der Waals surface area contributed by atoms with Crippen LogP contribution in [0.3, 0.4) is 0 Å². The van der Waals surface area contributed by atoms with Crippen molar-refractivity contribution in [3.05, 3.63) is 11.4 Å². The zero-order chi connectivity index (χ0) is 13.4. The molecule has 0 radical (unpaired) electrons. The van der Waals surface area contributed by atoms with Gasteiger partial charge < -0.3 is 0 Å². The van der Waals surface area contributed by atoms with Crippen LogP contribution in [0.4, 0.5) is 13.2 Å². The second-order valence-electron chi connectivity index (χ2n) is 3.60. The molecule has 1 aromatic heterocycles. The highest BCUT2D eigenvalue weighted by Gasteiger charge is 2.40. The van der Waals surface area contributed by atoms with Crippen LogP contribution in [0.1, 0.15) is 31.3 Å². The Hall–Kier alpha value is -0.830. The molecule has 0 spiro atoms. The van der Waals surface area contributed by atoms with Crippen molar-refractivity contribution in [3.8, 4) is 0 Å². The highest BCUT2D eigenvalue weighted by molar-refractivity contribution is 8.13. The molecule has 5 nitrogen and oxygen atoms in total. The molecule has 17 heavy (non-hydrogen) atoms. The summed E-state index contributed by atoms with van der Waals surface area (Å²) in [6.45, 7) is 2.95. The lowest BCUT2D eigenvalue weighted by atomic mass is 10.3. The van der Waals surface area contributed by atoms with Gasteiger partial charge >= 0.3 is 6.18 Å². The molecule has 98 valence electrons. The average Bonchev–Trinajstić information content (AvgIpc) is 2.43. The minimum absolute atomic E-state index is 0.592. The summed E-state index contributed by atoms with van der Waals surface area (Å²) in [6, 6.07) is -0.592. The van der Waals surface area contributed by atoms with E-state index in [1.807, 2.05) is 0 Å². The van der Waals surface area contributed by atoms with Gasteiger partial charge in [0.25, 0.3) is 0 Å². The third-order valence-electron chi connectivity index (χ3n) is 1.83. The molecule has 0 bridgehead atoms. The van der Waals surface area contributed by atoms with Crippen LogP contribution in [0.5, 0.6) is 0 Å². The van der Waals surface area contributed by atoms with Gasteiger partial charge in [0.2, 0.25) is 9.05 Å².